The smallest absolute Gasteiger partial charge is 0.0501 e. The SMILES string of the molecule is Cc1cc(-c2[nH]c3ccc(C4CCNCC4)cc3c2C2CC2)cc(C)n1. The van der Waals surface area contributed by atoms with Gasteiger partial charge in [-0.25, -0.2) is 0 Å². The van der Waals surface area contributed by atoms with E-state index in [1.807, 2.05) is 0 Å². The highest BCUT2D eigenvalue weighted by atomic mass is 14.9. The maximum absolute atomic E-state index is 4.56. The van der Waals surface area contributed by atoms with E-state index >= 15 is 0 Å². The molecular weight excluding hydrogens is 318 g/mol. The molecule has 2 aromatic heterocycles. The van der Waals surface area contributed by atoms with Crippen molar-refractivity contribution >= 4 is 10.9 Å². The Kier molecular flexibility index (Phi) is 3.86. The van der Waals surface area contributed by atoms with Gasteiger partial charge in [0.1, 0.15) is 0 Å². The lowest BCUT2D eigenvalue weighted by atomic mass is 9.89. The van der Waals surface area contributed by atoms with Crippen LogP contribution in [0.3, 0.4) is 0 Å². The fourth-order valence-corrected chi connectivity index (χ4v) is 4.64. The first-order valence-electron chi connectivity index (χ1n) is 10.0. The molecule has 134 valence electrons. The number of nitrogens with zero attached hydrogens (tertiary/aromatic N) is 1. The number of benzene rings is 1. The van der Waals surface area contributed by atoms with Gasteiger partial charge in [-0.1, -0.05) is 6.07 Å². The van der Waals surface area contributed by atoms with Crippen molar-refractivity contribution in [2.45, 2.75) is 51.4 Å². The van der Waals surface area contributed by atoms with E-state index in [9.17, 15) is 0 Å². The molecule has 26 heavy (non-hydrogen) atoms. The van der Waals surface area contributed by atoms with Gasteiger partial charge in [-0.15, -0.1) is 0 Å². The van der Waals surface area contributed by atoms with Crippen LogP contribution in [0.5, 0.6) is 0 Å². The van der Waals surface area contributed by atoms with E-state index in [1.165, 1.54) is 53.4 Å². The summed E-state index contributed by atoms with van der Waals surface area (Å²) in [6.07, 6.45) is 5.15. The average molecular weight is 345 g/mol. The van der Waals surface area contributed by atoms with Crippen molar-refractivity contribution < 1.29 is 0 Å². The van der Waals surface area contributed by atoms with Crippen molar-refractivity contribution in [3.63, 3.8) is 0 Å². The molecule has 0 radical (unpaired) electrons. The molecule has 2 N–H and O–H groups in total. The quantitative estimate of drug-likeness (QED) is 0.686. The van der Waals surface area contributed by atoms with E-state index in [0.29, 0.717) is 5.92 Å². The second-order valence-corrected chi connectivity index (χ2v) is 8.16. The summed E-state index contributed by atoms with van der Waals surface area (Å²) < 4.78 is 0. The summed E-state index contributed by atoms with van der Waals surface area (Å²) in [5.41, 5.74) is 9.14. The van der Waals surface area contributed by atoms with Crippen LogP contribution in [0.25, 0.3) is 22.2 Å². The molecule has 0 amide bonds. The first-order valence-corrected chi connectivity index (χ1v) is 10.0. The fourth-order valence-electron chi connectivity index (χ4n) is 4.64. The Morgan fingerprint density at radius 2 is 1.62 bits per heavy atom. The third-order valence-electron chi connectivity index (χ3n) is 6.03. The molecule has 1 aliphatic heterocycles. The summed E-state index contributed by atoms with van der Waals surface area (Å²) in [6.45, 7) is 6.47. The van der Waals surface area contributed by atoms with Gasteiger partial charge in [-0.3, -0.25) is 4.98 Å². The molecule has 2 fully saturated rings. The van der Waals surface area contributed by atoms with Crippen LogP contribution in [-0.4, -0.2) is 23.1 Å². The van der Waals surface area contributed by atoms with Crippen molar-refractivity contribution in [2.75, 3.05) is 13.1 Å². The number of aromatic nitrogens is 2. The van der Waals surface area contributed by atoms with Gasteiger partial charge >= 0.3 is 0 Å². The minimum Gasteiger partial charge on any atom is -0.354 e. The molecule has 2 aliphatic rings. The average Bonchev–Trinajstić information content (AvgIpc) is 3.41. The predicted molar refractivity (Wildman–Crippen MR) is 108 cm³/mol. The van der Waals surface area contributed by atoms with Crippen LogP contribution < -0.4 is 5.32 Å². The lowest BCUT2D eigenvalue weighted by Crippen LogP contribution is -2.26. The van der Waals surface area contributed by atoms with Crippen LogP contribution in [0.15, 0.2) is 30.3 Å². The van der Waals surface area contributed by atoms with Crippen LogP contribution in [0.4, 0.5) is 0 Å². The van der Waals surface area contributed by atoms with Crippen LogP contribution in [0.1, 0.15) is 60.0 Å². The molecule has 1 aromatic carbocycles. The maximum Gasteiger partial charge on any atom is 0.0501 e. The highest BCUT2D eigenvalue weighted by Gasteiger charge is 2.30. The first kappa shape index (κ1) is 16.1. The minimum absolute atomic E-state index is 0.705. The Labute approximate surface area is 155 Å². The molecule has 3 aromatic rings. The van der Waals surface area contributed by atoms with Gasteiger partial charge < -0.3 is 10.3 Å². The topological polar surface area (TPSA) is 40.7 Å². The number of hydrogen-bond donors (Lipinski definition) is 2. The number of H-pyrrole nitrogens is 1. The number of nitrogens with one attached hydrogen (secondary N) is 2. The molecule has 3 nitrogen and oxygen atoms in total. The zero-order chi connectivity index (χ0) is 17.7. The largest absolute Gasteiger partial charge is 0.354 e. The zero-order valence-electron chi connectivity index (χ0n) is 15.7. The van der Waals surface area contributed by atoms with E-state index in [-0.39, 0.29) is 0 Å². The van der Waals surface area contributed by atoms with Crippen LogP contribution in [-0.2, 0) is 0 Å². The third kappa shape index (κ3) is 2.84. The van der Waals surface area contributed by atoms with Gasteiger partial charge in [0.05, 0.1) is 5.69 Å². The van der Waals surface area contributed by atoms with Gasteiger partial charge in [0.25, 0.3) is 0 Å². The number of rotatable bonds is 3. The van der Waals surface area contributed by atoms with Gasteiger partial charge in [-0.2, -0.15) is 0 Å². The number of aromatic amines is 1. The summed E-state index contributed by atoms with van der Waals surface area (Å²) in [6, 6.07) is 11.6. The summed E-state index contributed by atoms with van der Waals surface area (Å²) in [5.74, 6) is 1.42. The highest BCUT2D eigenvalue weighted by molar-refractivity contribution is 5.92. The van der Waals surface area contributed by atoms with Gasteiger partial charge in [0.2, 0.25) is 0 Å². The Hall–Kier alpha value is -2.13. The second kappa shape index (κ2) is 6.24. The van der Waals surface area contributed by atoms with E-state index < -0.39 is 0 Å². The van der Waals surface area contributed by atoms with Crippen molar-refractivity contribution in [1.82, 2.24) is 15.3 Å². The van der Waals surface area contributed by atoms with Crippen LogP contribution in [0, 0.1) is 13.8 Å². The summed E-state index contributed by atoms with van der Waals surface area (Å²) >= 11 is 0. The van der Waals surface area contributed by atoms with E-state index in [0.717, 1.165) is 30.4 Å². The Balaban J connectivity index is 1.66. The first-order chi connectivity index (χ1) is 12.7. The third-order valence-corrected chi connectivity index (χ3v) is 6.03. The molecule has 0 atom stereocenters. The van der Waals surface area contributed by atoms with E-state index in [2.05, 4.69) is 59.5 Å². The number of aryl methyl sites for hydroxylation is 2. The van der Waals surface area contributed by atoms with Crippen molar-refractivity contribution in [3.05, 3.63) is 52.8 Å². The molecule has 0 spiro atoms. The van der Waals surface area contributed by atoms with E-state index in [1.54, 1.807) is 5.56 Å². The molecule has 0 bridgehead atoms. The second-order valence-electron chi connectivity index (χ2n) is 8.16. The molecule has 5 rings (SSSR count). The van der Waals surface area contributed by atoms with Crippen molar-refractivity contribution in [2.24, 2.45) is 0 Å². The number of piperidine rings is 1. The Bertz CT molecular complexity index is 939. The summed E-state index contributed by atoms with van der Waals surface area (Å²) in [4.78, 5) is 8.31. The van der Waals surface area contributed by atoms with Gasteiger partial charge in [0, 0.05) is 27.9 Å². The molecule has 1 saturated carbocycles. The standard InChI is InChI=1S/C23H27N3/c1-14-11-19(12-15(2)25-14)23-22(17-3-4-17)20-13-18(5-6-21(20)26-23)16-7-9-24-10-8-16/h5-6,11-13,16-17,24,26H,3-4,7-10H2,1-2H3. The zero-order valence-corrected chi connectivity index (χ0v) is 15.7. The lowest BCUT2D eigenvalue weighted by Gasteiger charge is -2.23. The fraction of sp³-hybridized carbons (Fsp3) is 0.435. The number of pyridine rings is 1. The molecule has 1 saturated heterocycles. The maximum atomic E-state index is 4.56. The molecule has 1 aliphatic carbocycles. The Morgan fingerprint density at radius 1 is 0.885 bits per heavy atom. The van der Waals surface area contributed by atoms with Crippen LogP contribution in [0.2, 0.25) is 0 Å². The van der Waals surface area contributed by atoms with Crippen molar-refractivity contribution in [1.29, 1.82) is 0 Å². The monoisotopic (exact) mass is 345 g/mol. The highest BCUT2D eigenvalue weighted by Crippen LogP contribution is 2.48. The summed E-state index contributed by atoms with van der Waals surface area (Å²) in [5, 5.41) is 4.94. The summed E-state index contributed by atoms with van der Waals surface area (Å²) in [7, 11) is 0. The molecule has 3 heteroatoms. The number of fused-ring (bicyclic) bond motifs is 1. The van der Waals surface area contributed by atoms with Crippen LogP contribution >= 0.6 is 0 Å². The molecule has 0 unspecified atom stereocenters. The molecular formula is C23H27N3. The Morgan fingerprint density at radius 3 is 2.31 bits per heavy atom. The predicted octanol–water partition coefficient (Wildman–Crippen LogP) is 5.19. The molecule has 3 heterocycles. The van der Waals surface area contributed by atoms with Gasteiger partial charge in [-0.05, 0) is 99.8 Å². The number of hydrogen-bond acceptors (Lipinski definition) is 2. The van der Waals surface area contributed by atoms with Crippen molar-refractivity contribution in [3.8, 4) is 11.3 Å². The lowest BCUT2D eigenvalue weighted by molar-refractivity contribution is 0.460. The van der Waals surface area contributed by atoms with E-state index in [4.69, 9.17) is 0 Å². The van der Waals surface area contributed by atoms with Gasteiger partial charge in [0.15, 0.2) is 0 Å². The minimum atomic E-state index is 0.705. The normalized spacial score (nSPS) is 18.5.